The van der Waals surface area contributed by atoms with Crippen LogP contribution in [-0.2, 0) is 11.2 Å². The highest BCUT2D eigenvalue weighted by Gasteiger charge is 2.27. The summed E-state index contributed by atoms with van der Waals surface area (Å²) in [5, 5.41) is 3.36. The minimum absolute atomic E-state index is 0.0480. The second kappa shape index (κ2) is 7.54. The minimum atomic E-state index is 0.0480. The van der Waals surface area contributed by atoms with Crippen LogP contribution in [0.4, 0.5) is 0 Å². The van der Waals surface area contributed by atoms with Gasteiger partial charge in [-0.3, -0.25) is 9.59 Å². The fraction of sp³-hybridized carbons (Fsp3) is 0.556. The van der Waals surface area contributed by atoms with Crippen molar-refractivity contribution in [2.24, 2.45) is 0 Å². The molecular weight excluding hydrogens is 276 g/mol. The molecule has 1 amide bonds. The van der Waals surface area contributed by atoms with Gasteiger partial charge in [0.15, 0.2) is 5.78 Å². The van der Waals surface area contributed by atoms with Crippen molar-refractivity contribution in [3.63, 3.8) is 0 Å². The first-order valence-electron chi connectivity index (χ1n) is 8.18. The van der Waals surface area contributed by atoms with E-state index >= 15 is 0 Å². The molecule has 1 aromatic rings. The molecule has 1 aliphatic rings. The summed E-state index contributed by atoms with van der Waals surface area (Å²) in [5.74, 6) is 0.131. The van der Waals surface area contributed by atoms with Gasteiger partial charge < -0.3 is 10.2 Å². The Kier molecular flexibility index (Phi) is 5.72. The lowest BCUT2D eigenvalue weighted by atomic mass is 10.0. The third-order valence-electron chi connectivity index (χ3n) is 4.60. The fourth-order valence-electron chi connectivity index (χ4n) is 2.84. The zero-order valence-electron chi connectivity index (χ0n) is 13.8. The summed E-state index contributed by atoms with van der Waals surface area (Å²) < 4.78 is 0. The summed E-state index contributed by atoms with van der Waals surface area (Å²) in [6.45, 7) is 7.78. The molecule has 1 fully saturated rings. The number of hydrogen-bond donors (Lipinski definition) is 1. The average molecular weight is 302 g/mol. The molecule has 2 rings (SSSR count). The maximum Gasteiger partial charge on any atom is 0.223 e. The van der Waals surface area contributed by atoms with E-state index in [2.05, 4.69) is 26.1 Å². The quantitative estimate of drug-likeness (QED) is 0.850. The Labute approximate surface area is 132 Å². The number of ketones is 1. The molecule has 0 bridgehead atoms. The number of nitrogens with zero attached hydrogens (tertiary/aromatic N) is 1. The lowest BCUT2D eigenvalue weighted by Crippen LogP contribution is -2.57. The van der Waals surface area contributed by atoms with Crippen LogP contribution in [0, 0.1) is 0 Å². The van der Waals surface area contributed by atoms with Crippen molar-refractivity contribution in [3.8, 4) is 0 Å². The SMILES string of the molecule is CCc1ccc(C(=O)CCC(=O)N2CCNC(C)C2C)cc1. The number of amides is 1. The molecule has 1 saturated heterocycles. The molecule has 4 heteroatoms. The summed E-state index contributed by atoms with van der Waals surface area (Å²) in [6, 6.07) is 8.17. The van der Waals surface area contributed by atoms with Crippen molar-refractivity contribution in [2.45, 2.75) is 52.1 Å². The van der Waals surface area contributed by atoms with Gasteiger partial charge in [0.1, 0.15) is 0 Å². The lowest BCUT2D eigenvalue weighted by Gasteiger charge is -2.38. The van der Waals surface area contributed by atoms with E-state index in [4.69, 9.17) is 0 Å². The number of piperazine rings is 1. The fourth-order valence-corrected chi connectivity index (χ4v) is 2.84. The standard InChI is InChI=1S/C18H26N2O2/c1-4-15-5-7-16(8-6-15)17(21)9-10-18(22)20-12-11-19-13(2)14(20)3/h5-8,13-14,19H,4,9-12H2,1-3H3. The molecule has 0 aromatic heterocycles. The summed E-state index contributed by atoms with van der Waals surface area (Å²) in [5.41, 5.74) is 1.92. The first-order valence-corrected chi connectivity index (χ1v) is 8.18. The Morgan fingerprint density at radius 3 is 2.50 bits per heavy atom. The first kappa shape index (κ1) is 16.7. The van der Waals surface area contributed by atoms with Crippen molar-refractivity contribution in [2.75, 3.05) is 13.1 Å². The van der Waals surface area contributed by atoms with E-state index in [0.29, 0.717) is 18.0 Å². The number of hydrogen-bond acceptors (Lipinski definition) is 3. The highest BCUT2D eigenvalue weighted by Crippen LogP contribution is 2.13. The van der Waals surface area contributed by atoms with E-state index in [0.717, 1.165) is 19.5 Å². The molecular formula is C18H26N2O2. The van der Waals surface area contributed by atoms with Crippen LogP contribution in [0.3, 0.4) is 0 Å². The molecule has 4 nitrogen and oxygen atoms in total. The van der Waals surface area contributed by atoms with Crippen LogP contribution >= 0.6 is 0 Å². The Morgan fingerprint density at radius 2 is 1.86 bits per heavy atom. The number of carbonyl (C=O) groups excluding carboxylic acids is 2. The number of rotatable bonds is 5. The summed E-state index contributed by atoms with van der Waals surface area (Å²) in [7, 11) is 0. The van der Waals surface area contributed by atoms with Gasteiger partial charge in [0.25, 0.3) is 0 Å². The second-order valence-corrected chi connectivity index (χ2v) is 6.04. The average Bonchev–Trinajstić information content (AvgIpc) is 2.55. The molecule has 2 atom stereocenters. The predicted octanol–water partition coefficient (Wildman–Crippen LogP) is 2.42. The Balaban J connectivity index is 1.88. The number of nitrogens with one attached hydrogen (secondary N) is 1. The summed E-state index contributed by atoms with van der Waals surface area (Å²) in [6.07, 6.45) is 1.55. The molecule has 1 heterocycles. The molecule has 1 N–H and O–H groups in total. The highest BCUT2D eigenvalue weighted by molar-refractivity contribution is 5.98. The van der Waals surface area contributed by atoms with Crippen LogP contribution in [0.15, 0.2) is 24.3 Å². The second-order valence-electron chi connectivity index (χ2n) is 6.04. The van der Waals surface area contributed by atoms with E-state index in [9.17, 15) is 9.59 Å². The lowest BCUT2D eigenvalue weighted by molar-refractivity contribution is -0.134. The number of aryl methyl sites for hydroxylation is 1. The predicted molar refractivity (Wildman–Crippen MR) is 88.0 cm³/mol. The maximum atomic E-state index is 12.3. The Bertz CT molecular complexity index is 524. The molecule has 2 unspecified atom stereocenters. The van der Waals surface area contributed by atoms with Gasteiger partial charge in [0, 0.05) is 43.6 Å². The van der Waals surface area contributed by atoms with Crippen molar-refractivity contribution in [1.29, 1.82) is 0 Å². The maximum absolute atomic E-state index is 12.3. The third-order valence-corrected chi connectivity index (χ3v) is 4.60. The van der Waals surface area contributed by atoms with Crippen molar-refractivity contribution in [3.05, 3.63) is 35.4 Å². The van der Waals surface area contributed by atoms with Crippen LogP contribution in [0.2, 0.25) is 0 Å². The molecule has 0 saturated carbocycles. The van der Waals surface area contributed by atoms with Crippen molar-refractivity contribution in [1.82, 2.24) is 10.2 Å². The number of carbonyl (C=O) groups is 2. The van der Waals surface area contributed by atoms with Gasteiger partial charge in [-0.1, -0.05) is 31.2 Å². The van der Waals surface area contributed by atoms with E-state index < -0.39 is 0 Å². The summed E-state index contributed by atoms with van der Waals surface area (Å²) >= 11 is 0. The van der Waals surface area contributed by atoms with Crippen LogP contribution in [0.25, 0.3) is 0 Å². The van der Waals surface area contributed by atoms with Gasteiger partial charge in [-0.25, -0.2) is 0 Å². The van der Waals surface area contributed by atoms with Gasteiger partial charge in [0.05, 0.1) is 0 Å². The molecule has 22 heavy (non-hydrogen) atoms. The zero-order chi connectivity index (χ0) is 16.1. The Morgan fingerprint density at radius 1 is 1.18 bits per heavy atom. The summed E-state index contributed by atoms with van der Waals surface area (Å²) in [4.78, 5) is 26.4. The number of benzene rings is 1. The van der Waals surface area contributed by atoms with Gasteiger partial charge >= 0.3 is 0 Å². The van der Waals surface area contributed by atoms with Crippen molar-refractivity contribution >= 4 is 11.7 Å². The highest BCUT2D eigenvalue weighted by atomic mass is 16.2. The Hall–Kier alpha value is -1.68. The van der Waals surface area contributed by atoms with Gasteiger partial charge in [0.2, 0.25) is 5.91 Å². The first-order chi connectivity index (χ1) is 10.5. The zero-order valence-corrected chi connectivity index (χ0v) is 13.8. The minimum Gasteiger partial charge on any atom is -0.337 e. The van der Waals surface area contributed by atoms with Crippen LogP contribution in [0.1, 0.15) is 49.5 Å². The molecule has 1 aromatic carbocycles. The molecule has 120 valence electrons. The topological polar surface area (TPSA) is 49.4 Å². The van der Waals surface area contributed by atoms with Crippen LogP contribution < -0.4 is 5.32 Å². The molecule has 0 radical (unpaired) electrons. The monoisotopic (exact) mass is 302 g/mol. The smallest absolute Gasteiger partial charge is 0.223 e. The van der Waals surface area contributed by atoms with Crippen LogP contribution in [0.5, 0.6) is 0 Å². The largest absolute Gasteiger partial charge is 0.337 e. The van der Waals surface area contributed by atoms with E-state index in [1.807, 2.05) is 29.2 Å². The molecule has 1 aliphatic heterocycles. The van der Waals surface area contributed by atoms with E-state index in [-0.39, 0.29) is 24.2 Å². The van der Waals surface area contributed by atoms with Gasteiger partial charge in [-0.2, -0.15) is 0 Å². The molecule has 0 aliphatic carbocycles. The molecule has 0 spiro atoms. The van der Waals surface area contributed by atoms with Gasteiger partial charge in [-0.15, -0.1) is 0 Å². The third kappa shape index (κ3) is 3.95. The normalized spacial score (nSPS) is 21.7. The van der Waals surface area contributed by atoms with Crippen molar-refractivity contribution < 1.29 is 9.59 Å². The van der Waals surface area contributed by atoms with E-state index in [1.165, 1.54) is 5.56 Å². The number of Topliss-reactive ketones (excluding diaryl/α,β-unsaturated/α-hetero) is 1. The van der Waals surface area contributed by atoms with Gasteiger partial charge in [-0.05, 0) is 25.8 Å². The van der Waals surface area contributed by atoms with E-state index in [1.54, 1.807) is 0 Å². The van der Waals surface area contributed by atoms with Crippen LogP contribution in [-0.4, -0.2) is 41.8 Å².